The van der Waals surface area contributed by atoms with Crippen molar-refractivity contribution >= 4 is 33.7 Å². The van der Waals surface area contributed by atoms with Crippen molar-refractivity contribution in [2.45, 2.75) is 31.6 Å². The molecule has 116 valence electrons. The summed E-state index contributed by atoms with van der Waals surface area (Å²) in [5.74, 6) is 1.82. The summed E-state index contributed by atoms with van der Waals surface area (Å²) >= 11 is 5.32. The summed E-state index contributed by atoms with van der Waals surface area (Å²) in [7, 11) is 0. The maximum Gasteiger partial charge on any atom is 0.191 e. The molecule has 0 saturated carbocycles. The highest BCUT2D eigenvalue weighted by Crippen LogP contribution is 2.25. The standard InChI is InChI=1S/C15H21BrFN3S/c1-2-18-15(20-10-14-4-3-5-21-14)19-9-11-6-12(16)8-13(17)7-11/h6-8,14H,2-5,9-10H2,1H3,(H2,18,19,20). The number of aliphatic imine (C=N–C) groups is 1. The molecule has 0 radical (unpaired) electrons. The maximum atomic E-state index is 13.3. The smallest absolute Gasteiger partial charge is 0.191 e. The van der Waals surface area contributed by atoms with Crippen LogP contribution in [0.1, 0.15) is 25.3 Å². The van der Waals surface area contributed by atoms with Crippen molar-refractivity contribution in [3.8, 4) is 0 Å². The van der Waals surface area contributed by atoms with Crippen LogP contribution in [0, 0.1) is 5.82 Å². The largest absolute Gasteiger partial charge is 0.357 e. The minimum absolute atomic E-state index is 0.241. The van der Waals surface area contributed by atoms with E-state index in [0.29, 0.717) is 11.8 Å². The number of rotatable bonds is 5. The first-order valence-electron chi connectivity index (χ1n) is 7.26. The van der Waals surface area contributed by atoms with Crippen molar-refractivity contribution in [2.75, 3.05) is 18.8 Å². The third-order valence-corrected chi connectivity index (χ3v) is 5.06. The number of hydrogen-bond donors (Lipinski definition) is 2. The molecule has 1 heterocycles. The summed E-state index contributed by atoms with van der Waals surface area (Å²) in [5.41, 5.74) is 0.856. The fraction of sp³-hybridized carbons (Fsp3) is 0.533. The van der Waals surface area contributed by atoms with E-state index in [9.17, 15) is 4.39 Å². The van der Waals surface area contributed by atoms with E-state index in [2.05, 4.69) is 31.6 Å². The number of benzene rings is 1. The van der Waals surface area contributed by atoms with Gasteiger partial charge in [-0.15, -0.1) is 0 Å². The van der Waals surface area contributed by atoms with Crippen LogP contribution in [-0.4, -0.2) is 30.1 Å². The van der Waals surface area contributed by atoms with Gasteiger partial charge in [-0.25, -0.2) is 9.38 Å². The third-order valence-electron chi connectivity index (χ3n) is 3.21. The van der Waals surface area contributed by atoms with Gasteiger partial charge in [0.15, 0.2) is 5.96 Å². The molecule has 1 saturated heterocycles. The Kier molecular flexibility index (Phi) is 6.83. The lowest BCUT2D eigenvalue weighted by Gasteiger charge is -2.14. The van der Waals surface area contributed by atoms with Crippen LogP contribution in [0.15, 0.2) is 27.7 Å². The van der Waals surface area contributed by atoms with Crippen molar-refractivity contribution < 1.29 is 4.39 Å². The molecular weight excluding hydrogens is 353 g/mol. The number of guanidine groups is 1. The molecule has 1 atom stereocenters. The van der Waals surface area contributed by atoms with E-state index in [0.717, 1.165) is 29.1 Å². The van der Waals surface area contributed by atoms with Crippen LogP contribution in [0.2, 0.25) is 0 Å². The molecule has 0 aliphatic carbocycles. The zero-order chi connectivity index (χ0) is 15.1. The molecule has 0 amide bonds. The van der Waals surface area contributed by atoms with E-state index in [1.54, 1.807) is 0 Å². The first-order chi connectivity index (χ1) is 10.2. The van der Waals surface area contributed by atoms with Gasteiger partial charge in [-0.3, -0.25) is 0 Å². The van der Waals surface area contributed by atoms with Crippen LogP contribution in [-0.2, 0) is 6.54 Å². The van der Waals surface area contributed by atoms with E-state index in [4.69, 9.17) is 0 Å². The Morgan fingerprint density at radius 3 is 2.95 bits per heavy atom. The maximum absolute atomic E-state index is 13.3. The van der Waals surface area contributed by atoms with Crippen LogP contribution in [0.25, 0.3) is 0 Å². The molecule has 1 aliphatic rings. The van der Waals surface area contributed by atoms with Gasteiger partial charge >= 0.3 is 0 Å². The van der Waals surface area contributed by atoms with Gasteiger partial charge in [0, 0.05) is 22.8 Å². The molecule has 0 spiro atoms. The first kappa shape index (κ1) is 16.6. The monoisotopic (exact) mass is 373 g/mol. The van der Waals surface area contributed by atoms with Crippen LogP contribution in [0.3, 0.4) is 0 Å². The zero-order valence-electron chi connectivity index (χ0n) is 12.2. The fourth-order valence-electron chi connectivity index (χ4n) is 2.23. The summed E-state index contributed by atoms with van der Waals surface area (Å²) in [6.07, 6.45) is 2.58. The Labute approximate surface area is 138 Å². The normalized spacial score (nSPS) is 18.8. The molecule has 6 heteroatoms. The Morgan fingerprint density at radius 2 is 2.29 bits per heavy atom. The van der Waals surface area contributed by atoms with Gasteiger partial charge in [0.1, 0.15) is 5.82 Å². The highest BCUT2D eigenvalue weighted by Gasteiger charge is 2.15. The van der Waals surface area contributed by atoms with E-state index >= 15 is 0 Å². The first-order valence-corrected chi connectivity index (χ1v) is 9.10. The lowest BCUT2D eigenvalue weighted by atomic mass is 10.2. The Hall–Kier alpha value is -0.750. The SMILES string of the molecule is CCNC(=NCc1cc(F)cc(Br)c1)NCC1CCCS1. The highest BCUT2D eigenvalue weighted by atomic mass is 79.9. The third kappa shape index (κ3) is 5.87. The minimum Gasteiger partial charge on any atom is -0.357 e. The predicted molar refractivity (Wildman–Crippen MR) is 92.4 cm³/mol. The predicted octanol–water partition coefficient (Wildman–Crippen LogP) is 3.54. The van der Waals surface area contributed by atoms with Gasteiger partial charge in [0.25, 0.3) is 0 Å². The number of halogens is 2. The van der Waals surface area contributed by atoms with Gasteiger partial charge in [0.05, 0.1) is 6.54 Å². The summed E-state index contributed by atoms with van der Waals surface area (Å²) in [6.45, 7) is 4.25. The van der Waals surface area contributed by atoms with E-state index < -0.39 is 0 Å². The molecule has 1 fully saturated rings. The van der Waals surface area contributed by atoms with Gasteiger partial charge in [-0.05, 0) is 49.3 Å². The van der Waals surface area contributed by atoms with E-state index in [1.165, 1.54) is 30.7 Å². The molecule has 21 heavy (non-hydrogen) atoms. The molecule has 0 bridgehead atoms. The van der Waals surface area contributed by atoms with Crippen molar-refractivity contribution in [3.05, 3.63) is 34.1 Å². The second kappa shape index (κ2) is 8.63. The lowest BCUT2D eigenvalue weighted by molar-refractivity contribution is 0.624. The quantitative estimate of drug-likeness (QED) is 0.612. The van der Waals surface area contributed by atoms with Crippen LogP contribution >= 0.6 is 27.7 Å². The summed E-state index contributed by atoms with van der Waals surface area (Å²) < 4.78 is 14.1. The molecule has 2 N–H and O–H groups in total. The number of thioether (sulfide) groups is 1. The van der Waals surface area contributed by atoms with Gasteiger partial charge in [-0.1, -0.05) is 15.9 Å². The molecule has 1 unspecified atom stereocenters. The highest BCUT2D eigenvalue weighted by molar-refractivity contribution is 9.10. The molecule has 1 aromatic rings. The molecule has 1 aromatic carbocycles. The molecule has 0 aromatic heterocycles. The topological polar surface area (TPSA) is 36.4 Å². The number of nitrogens with zero attached hydrogens (tertiary/aromatic N) is 1. The second-order valence-corrected chi connectivity index (χ2v) is 7.31. The average molecular weight is 374 g/mol. The van der Waals surface area contributed by atoms with Gasteiger partial charge < -0.3 is 10.6 Å². The summed E-state index contributed by atoms with van der Waals surface area (Å²) in [5, 5.41) is 7.28. The van der Waals surface area contributed by atoms with E-state index in [-0.39, 0.29) is 5.82 Å². The van der Waals surface area contributed by atoms with Crippen LogP contribution in [0.5, 0.6) is 0 Å². The Bertz CT molecular complexity index is 470. The van der Waals surface area contributed by atoms with Gasteiger partial charge in [0.2, 0.25) is 0 Å². The minimum atomic E-state index is -0.241. The fourth-order valence-corrected chi connectivity index (χ4v) is 3.94. The zero-order valence-corrected chi connectivity index (χ0v) is 14.6. The Morgan fingerprint density at radius 1 is 1.43 bits per heavy atom. The molecule has 1 aliphatic heterocycles. The van der Waals surface area contributed by atoms with Crippen molar-refractivity contribution in [1.82, 2.24) is 10.6 Å². The van der Waals surface area contributed by atoms with Crippen molar-refractivity contribution in [1.29, 1.82) is 0 Å². The lowest BCUT2D eigenvalue weighted by Crippen LogP contribution is -2.40. The van der Waals surface area contributed by atoms with Crippen molar-refractivity contribution in [2.24, 2.45) is 4.99 Å². The summed E-state index contributed by atoms with van der Waals surface area (Å²) in [6, 6.07) is 4.86. The average Bonchev–Trinajstić information content (AvgIpc) is 2.94. The van der Waals surface area contributed by atoms with Crippen LogP contribution in [0.4, 0.5) is 4.39 Å². The second-order valence-electron chi connectivity index (χ2n) is 4.99. The number of nitrogens with one attached hydrogen (secondary N) is 2. The molecule has 2 rings (SSSR count). The van der Waals surface area contributed by atoms with E-state index in [1.807, 2.05) is 24.8 Å². The van der Waals surface area contributed by atoms with Crippen molar-refractivity contribution in [3.63, 3.8) is 0 Å². The van der Waals surface area contributed by atoms with Gasteiger partial charge in [-0.2, -0.15) is 11.8 Å². The number of hydrogen-bond acceptors (Lipinski definition) is 2. The molecular formula is C15H21BrFN3S. The Balaban J connectivity index is 1.92. The van der Waals surface area contributed by atoms with Crippen LogP contribution < -0.4 is 10.6 Å². The summed E-state index contributed by atoms with van der Waals surface area (Å²) in [4.78, 5) is 4.52. The molecule has 3 nitrogen and oxygen atoms in total.